The van der Waals surface area contributed by atoms with Gasteiger partial charge in [0.2, 0.25) is 0 Å². The topological polar surface area (TPSA) is 89.3 Å². The van der Waals surface area contributed by atoms with E-state index in [4.69, 9.17) is 10.9 Å². The molecule has 0 atom stereocenters. The van der Waals surface area contributed by atoms with Crippen molar-refractivity contribution in [3.05, 3.63) is 11.9 Å². The summed E-state index contributed by atoms with van der Waals surface area (Å²) in [6.07, 6.45) is 2.03. The fourth-order valence-corrected chi connectivity index (χ4v) is 0.697. The van der Waals surface area contributed by atoms with Crippen molar-refractivity contribution >= 4 is 5.84 Å². The summed E-state index contributed by atoms with van der Waals surface area (Å²) in [6, 6.07) is 0. The van der Waals surface area contributed by atoms with Crippen LogP contribution in [0, 0.1) is 0 Å². The highest BCUT2D eigenvalue weighted by Gasteiger charge is 2.00. The van der Waals surface area contributed by atoms with Crippen LogP contribution in [0.4, 0.5) is 0 Å². The van der Waals surface area contributed by atoms with E-state index in [0.29, 0.717) is 12.1 Å². The van der Waals surface area contributed by atoms with Crippen LogP contribution in [0.2, 0.25) is 0 Å². The SMILES string of the molecule is Cn1cc(C/C(N)=N/O)nn1. The second-order valence-electron chi connectivity index (χ2n) is 2.15. The standard InChI is InChI=1S/C5H9N5O/c1-10-3-4(7-9-10)2-5(6)8-11/h3,11H,2H2,1H3,(H2,6,8). The molecule has 0 amide bonds. The molecule has 0 fully saturated rings. The minimum atomic E-state index is 0.130. The number of rotatable bonds is 2. The summed E-state index contributed by atoms with van der Waals surface area (Å²) in [4.78, 5) is 0. The van der Waals surface area contributed by atoms with Crippen molar-refractivity contribution in [2.24, 2.45) is 17.9 Å². The molecule has 0 saturated heterocycles. The number of oxime groups is 1. The van der Waals surface area contributed by atoms with Crippen molar-refractivity contribution in [2.75, 3.05) is 0 Å². The monoisotopic (exact) mass is 155 g/mol. The molecule has 0 unspecified atom stereocenters. The molecule has 0 aliphatic rings. The smallest absolute Gasteiger partial charge is 0.145 e. The Labute approximate surface area is 63.3 Å². The van der Waals surface area contributed by atoms with E-state index >= 15 is 0 Å². The fourth-order valence-electron chi connectivity index (χ4n) is 0.697. The minimum absolute atomic E-state index is 0.130. The maximum Gasteiger partial charge on any atom is 0.145 e. The Morgan fingerprint density at radius 2 is 2.64 bits per heavy atom. The lowest BCUT2D eigenvalue weighted by Crippen LogP contribution is -2.14. The van der Waals surface area contributed by atoms with Gasteiger partial charge >= 0.3 is 0 Å². The van der Waals surface area contributed by atoms with Crippen LogP contribution in [0.3, 0.4) is 0 Å². The molecule has 0 bridgehead atoms. The summed E-state index contributed by atoms with van der Waals surface area (Å²) < 4.78 is 1.56. The van der Waals surface area contributed by atoms with Crippen LogP contribution in [0.5, 0.6) is 0 Å². The average molecular weight is 155 g/mol. The normalized spacial score (nSPS) is 11.9. The number of hydrogen-bond acceptors (Lipinski definition) is 4. The van der Waals surface area contributed by atoms with E-state index in [9.17, 15) is 0 Å². The second-order valence-corrected chi connectivity index (χ2v) is 2.15. The van der Waals surface area contributed by atoms with Gasteiger partial charge in [0.1, 0.15) is 5.84 Å². The molecule has 6 nitrogen and oxygen atoms in total. The van der Waals surface area contributed by atoms with Crippen LogP contribution < -0.4 is 5.73 Å². The largest absolute Gasteiger partial charge is 0.409 e. The van der Waals surface area contributed by atoms with Crippen LogP contribution in [0.25, 0.3) is 0 Å². The van der Waals surface area contributed by atoms with Gasteiger partial charge in [-0.15, -0.1) is 5.10 Å². The van der Waals surface area contributed by atoms with Gasteiger partial charge in [-0.2, -0.15) is 0 Å². The summed E-state index contributed by atoms with van der Waals surface area (Å²) in [5.74, 6) is 0.130. The Balaban J connectivity index is 2.65. The number of nitrogens with two attached hydrogens (primary N) is 1. The van der Waals surface area contributed by atoms with E-state index in [2.05, 4.69) is 15.5 Å². The fraction of sp³-hybridized carbons (Fsp3) is 0.400. The van der Waals surface area contributed by atoms with E-state index in [1.54, 1.807) is 17.9 Å². The molecule has 1 rings (SSSR count). The molecule has 0 saturated carbocycles. The summed E-state index contributed by atoms with van der Waals surface area (Å²) in [7, 11) is 1.75. The van der Waals surface area contributed by atoms with Crippen molar-refractivity contribution < 1.29 is 5.21 Å². The Morgan fingerprint density at radius 3 is 3.09 bits per heavy atom. The third-order valence-corrected chi connectivity index (χ3v) is 1.14. The van der Waals surface area contributed by atoms with Gasteiger partial charge in [-0.3, -0.25) is 4.68 Å². The summed E-state index contributed by atoms with van der Waals surface area (Å²) >= 11 is 0. The minimum Gasteiger partial charge on any atom is -0.409 e. The first-order chi connectivity index (χ1) is 5.22. The van der Waals surface area contributed by atoms with E-state index in [-0.39, 0.29) is 5.84 Å². The Hall–Kier alpha value is -1.59. The maximum absolute atomic E-state index is 8.21. The first-order valence-electron chi connectivity index (χ1n) is 3.04. The summed E-state index contributed by atoms with van der Waals surface area (Å²) in [5.41, 5.74) is 5.92. The van der Waals surface area contributed by atoms with Crippen molar-refractivity contribution in [1.82, 2.24) is 15.0 Å². The molecule has 1 aromatic rings. The molecule has 3 N–H and O–H groups in total. The molecular weight excluding hydrogens is 146 g/mol. The predicted molar refractivity (Wildman–Crippen MR) is 38.1 cm³/mol. The van der Waals surface area contributed by atoms with Crippen LogP contribution in [-0.4, -0.2) is 26.0 Å². The lowest BCUT2D eigenvalue weighted by Gasteiger charge is -1.90. The number of aromatic nitrogens is 3. The van der Waals surface area contributed by atoms with Crippen LogP contribution in [0.1, 0.15) is 5.69 Å². The number of amidine groups is 1. The van der Waals surface area contributed by atoms with Gasteiger partial charge in [0.25, 0.3) is 0 Å². The summed E-state index contributed by atoms with van der Waals surface area (Å²) in [6.45, 7) is 0. The van der Waals surface area contributed by atoms with Crippen LogP contribution in [0.15, 0.2) is 11.4 Å². The molecule has 0 aliphatic heterocycles. The Bertz CT molecular complexity index is 266. The van der Waals surface area contributed by atoms with Gasteiger partial charge in [0.05, 0.1) is 12.1 Å². The molecule has 0 aromatic carbocycles. The van der Waals surface area contributed by atoms with E-state index in [1.165, 1.54) is 0 Å². The predicted octanol–water partition coefficient (Wildman–Crippen LogP) is -0.896. The zero-order valence-corrected chi connectivity index (χ0v) is 6.10. The highest BCUT2D eigenvalue weighted by atomic mass is 16.4. The zero-order valence-electron chi connectivity index (χ0n) is 6.10. The molecule has 60 valence electrons. The molecule has 0 radical (unpaired) electrons. The van der Waals surface area contributed by atoms with Crippen molar-refractivity contribution in [3.8, 4) is 0 Å². The summed E-state index contributed by atoms with van der Waals surface area (Å²) in [5, 5.41) is 18.4. The number of aryl methyl sites for hydroxylation is 1. The molecular formula is C5H9N5O. The Kier molecular flexibility index (Phi) is 2.05. The molecule has 6 heteroatoms. The highest BCUT2D eigenvalue weighted by molar-refractivity contribution is 5.81. The van der Waals surface area contributed by atoms with E-state index in [0.717, 1.165) is 0 Å². The number of nitrogens with zero attached hydrogens (tertiary/aromatic N) is 4. The van der Waals surface area contributed by atoms with Gasteiger partial charge in [0.15, 0.2) is 0 Å². The van der Waals surface area contributed by atoms with Crippen molar-refractivity contribution in [2.45, 2.75) is 6.42 Å². The van der Waals surface area contributed by atoms with Gasteiger partial charge < -0.3 is 10.9 Å². The zero-order chi connectivity index (χ0) is 8.27. The molecule has 1 heterocycles. The second kappa shape index (κ2) is 3.00. The first kappa shape index (κ1) is 7.52. The first-order valence-corrected chi connectivity index (χ1v) is 3.04. The molecule has 1 aromatic heterocycles. The van der Waals surface area contributed by atoms with Crippen molar-refractivity contribution in [3.63, 3.8) is 0 Å². The van der Waals surface area contributed by atoms with Gasteiger partial charge in [-0.05, 0) is 0 Å². The average Bonchev–Trinajstić information content (AvgIpc) is 2.35. The lowest BCUT2D eigenvalue weighted by molar-refractivity contribution is 0.317. The highest BCUT2D eigenvalue weighted by Crippen LogP contribution is 1.91. The van der Waals surface area contributed by atoms with Gasteiger partial charge in [0, 0.05) is 13.2 Å². The third kappa shape index (κ3) is 1.92. The van der Waals surface area contributed by atoms with Gasteiger partial charge in [-0.25, -0.2) is 0 Å². The van der Waals surface area contributed by atoms with Gasteiger partial charge in [-0.1, -0.05) is 10.4 Å². The molecule has 11 heavy (non-hydrogen) atoms. The van der Waals surface area contributed by atoms with E-state index < -0.39 is 0 Å². The van der Waals surface area contributed by atoms with Crippen LogP contribution >= 0.6 is 0 Å². The van der Waals surface area contributed by atoms with E-state index in [1.807, 2.05) is 0 Å². The molecule has 0 spiro atoms. The number of hydrogen-bond donors (Lipinski definition) is 2. The van der Waals surface area contributed by atoms with Crippen LogP contribution in [-0.2, 0) is 13.5 Å². The quantitative estimate of drug-likeness (QED) is 0.251. The molecule has 0 aliphatic carbocycles. The third-order valence-electron chi connectivity index (χ3n) is 1.14. The Morgan fingerprint density at radius 1 is 1.91 bits per heavy atom. The lowest BCUT2D eigenvalue weighted by atomic mass is 10.3. The van der Waals surface area contributed by atoms with Crippen molar-refractivity contribution in [1.29, 1.82) is 0 Å². The maximum atomic E-state index is 8.21.